The molecule has 1 aromatic rings. The van der Waals surface area contributed by atoms with Gasteiger partial charge in [0.15, 0.2) is 0 Å². The number of rotatable bonds is 6. The zero-order chi connectivity index (χ0) is 13.0. The lowest BCUT2D eigenvalue weighted by atomic mass is 10.4. The highest BCUT2D eigenvalue weighted by molar-refractivity contribution is 5.91. The molecule has 1 aromatic heterocycles. The van der Waals surface area contributed by atoms with Crippen LogP contribution in [0.5, 0.6) is 0 Å². The molecule has 1 aliphatic carbocycles. The van der Waals surface area contributed by atoms with Crippen LogP contribution in [0.2, 0.25) is 0 Å². The number of hydrogen-bond donors (Lipinski definition) is 2. The fourth-order valence-electron chi connectivity index (χ4n) is 1.62. The monoisotopic (exact) mass is 320 g/mol. The Labute approximate surface area is 132 Å². The average Bonchev–Trinajstić information content (AvgIpc) is 3.13. The Hall–Kier alpha value is -1.04. The van der Waals surface area contributed by atoms with Gasteiger partial charge in [0.1, 0.15) is 5.82 Å². The van der Waals surface area contributed by atoms with Gasteiger partial charge < -0.3 is 15.5 Å². The number of carbonyl (C=O) groups excluding carboxylic acids is 1. The van der Waals surface area contributed by atoms with Crippen LogP contribution in [0.1, 0.15) is 12.8 Å². The molecule has 1 heterocycles. The molecule has 114 valence electrons. The Morgan fingerprint density at radius 2 is 2.05 bits per heavy atom. The quantitative estimate of drug-likeness (QED) is 0.841. The number of nitrogens with zero attached hydrogens (tertiary/aromatic N) is 2. The van der Waals surface area contributed by atoms with E-state index in [0.717, 1.165) is 18.2 Å². The Bertz CT molecular complexity index is 407. The molecule has 0 bridgehead atoms. The largest absolute Gasteiger partial charge is 0.376 e. The minimum Gasteiger partial charge on any atom is -0.376 e. The first-order valence-corrected chi connectivity index (χ1v) is 6.29. The summed E-state index contributed by atoms with van der Waals surface area (Å²) in [5.74, 6) is 1.34. The summed E-state index contributed by atoms with van der Waals surface area (Å²) in [5.41, 5.74) is 1.01. The van der Waals surface area contributed by atoms with Gasteiger partial charge in [-0.1, -0.05) is 0 Å². The fraction of sp³-hybridized carbons (Fsp3) is 0.538. The molecule has 20 heavy (non-hydrogen) atoms. The van der Waals surface area contributed by atoms with E-state index >= 15 is 0 Å². The highest BCUT2D eigenvalue weighted by Gasteiger charge is 2.20. The van der Waals surface area contributed by atoms with Gasteiger partial charge in [0.2, 0.25) is 5.91 Å². The zero-order valence-corrected chi connectivity index (χ0v) is 13.4. The maximum atomic E-state index is 11.6. The number of pyridine rings is 1. The molecule has 2 N–H and O–H groups in total. The van der Waals surface area contributed by atoms with Crippen molar-refractivity contribution in [3.05, 3.63) is 18.3 Å². The van der Waals surface area contributed by atoms with E-state index in [1.807, 2.05) is 31.1 Å². The number of halogens is 2. The Morgan fingerprint density at radius 1 is 1.35 bits per heavy atom. The van der Waals surface area contributed by atoms with Crippen molar-refractivity contribution in [3.8, 4) is 0 Å². The molecule has 0 atom stereocenters. The molecule has 1 aliphatic rings. The van der Waals surface area contributed by atoms with Crippen LogP contribution in [-0.2, 0) is 4.79 Å². The number of carbonyl (C=O) groups is 1. The zero-order valence-electron chi connectivity index (χ0n) is 11.8. The molecule has 1 fully saturated rings. The van der Waals surface area contributed by atoms with Crippen LogP contribution in [0.25, 0.3) is 0 Å². The minimum atomic E-state index is -0.0410. The van der Waals surface area contributed by atoms with Crippen molar-refractivity contribution in [2.24, 2.45) is 5.92 Å². The smallest absolute Gasteiger partial charge is 0.239 e. The maximum absolute atomic E-state index is 11.6. The SMILES string of the molecule is CN(C)c1ccc(NC(=O)CNCC2CC2)nc1.Cl.Cl. The maximum Gasteiger partial charge on any atom is 0.239 e. The van der Waals surface area contributed by atoms with Gasteiger partial charge in [-0.25, -0.2) is 4.98 Å². The first-order valence-electron chi connectivity index (χ1n) is 6.29. The second-order valence-electron chi connectivity index (χ2n) is 4.92. The number of hydrogen-bond acceptors (Lipinski definition) is 4. The lowest BCUT2D eigenvalue weighted by Gasteiger charge is -2.12. The third-order valence-corrected chi connectivity index (χ3v) is 2.95. The Kier molecular flexibility index (Phi) is 8.53. The van der Waals surface area contributed by atoms with Crippen LogP contribution >= 0.6 is 24.8 Å². The number of amides is 1. The van der Waals surface area contributed by atoms with Gasteiger partial charge in [-0.15, -0.1) is 24.8 Å². The van der Waals surface area contributed by atoms with Crippen LogP contribution in [0, 0.1) is 5.92 Å². The summed E-state index contributed by atoms with van der Waals surface area (Å²) in [4.78, 5) is 17.8. The van der Waals surface area contributed by atoms with E-state index in [2.05, 4.69) is 15.6 Å². The summed E-state index contributed by atoms with van der Waals surface area (Å²) < 4.78 is 0. The van der Waals surface area contributed by atoms with Crippen LogP contribution in [-0.4, -0.2) is 38.1 Å². The summed E-state index contributed by atoms with van der Waals surface area (Å²) in [6.07, 6.45) is 4.33. The van der Waals surface area contributed by atoms with E-state index in [4.69, 9.17) is 0 Å². The van der Waals surface area contributed by atoms with Gasteiger partial charge in [0, 0.05) is 14.1 Å². The first-order chi connectivity index (χ1) is 8.65. The molecule has 0 aromatic carbocycles. The average molecular weight is 321 g/mol. The Morgan fingerprint density at radius 3 is 2.55 bits per heavy atom. The van der Waals surface area contributed by atoms with Gasteiger partial charge in [0.25, 0.3) is 0 Å². The van der Waals surface area contributed by atoms with Gasteiger partial charge in [0.05, 0.1) is 18.4 Å². The minimum absolute atomic E-state index is 0. The normalized spacial score (nSPS) is 12.9. The van der Waals surface area contributed by atoms with E-state index in [-0.39, 0.29) is 30.7 Å². The van der Waals surface area contributed by atoms with Crippen molar-refractivity contribution < 1.29 is 4.79 Å². The number of anilines is 2. The van der Waals surface area contributed by atoms with Crippen molar-refractivity contribution in [1.29, 1.82) is 0 Å². The van der Waals surface area contributed by atoms with Crippen LogP contribution < -0.4 is 15.5 Å². The number of nitrogens with one attached hydrogen (secondary N) is 2. The predicted octanol–water partition coefficient (Wildman–Crippen LogP) is 1.93. The standard InChI is InChI=1S/C13H20N4O.2ClH/c1-17(2)11-5-6-12(15-8-11)16-13(18)9-14-7-10-3-4-10;;/h5-6,8,10,14H,3-4,7,9H2,1-2H3,(H,15,16,18);2*1H. The molecule has 0 spiro atoms. The molecule has 1 amide bonds. The van der Waals surface area contributed by atoms with Crippen LogP contribution in [0.3, 0.4) is 0 Å². The third kappa shape index (κ3) is 6.41. The molecule has 1 saturated carbocycles. The van der Waals surface area contributed by atoms with Gasteiger partial charge in [-0.05, 0) is 37.4 Å². The van der Waals surface area contributed by atoms with Crippen molar-refractivity contribution in [1.82, 2.24) is 10.3 Å². The van der Waals surface area contributed by atoms with Gasteiger partial charge in [-0.3, -0.25) is 4.79 Å². The highest BCUT2D eigenvalue weighted by atomic mass is 35.5. The van der Waals surface area contributed by atoms with Crippen molar-refractivity contribution in [3.63, 3.8) is 0 Å². The third-order valence-electron chi connectivity index (χ3n) is 2.95. The van der Waals surface area contributed by atoms with Gasteiger partial charge >= 0.3 is 0 Å². The van der Waals surface area contributed by atoms with E-state index in [0.29, 0.717) is 12.4 Å². The molecule has 2 rings (SSSR count). The Balaban J connectivity index is 0.00000180. The fourth-order valence-corrected chi connectivity index (χ4v) is 1.62. The van der Waals surface area contributed by atoms with E-state index in [9.17, 15) is 4.79 Å². The van der Waals surface area contributed by atoms with Crippen LogP contribution in [0.15, 0.2) is 18.3 Å². The van der Waals surface area contributed by atoms with Crippen LogP contribution in [0.4, 0.5) is 11.5 Å². The summed E-state index contributed by atoms with van der Waals surface area (Å²) in [7, 11) is 3.91. The molecule has 5 nitrogen and oxygen atoms in total. The summed E-state index contributed by atoms with van der Waals surface area (Å²) in [6.45, 7) is 1.30. The summed E-state index contributed by atoms with van der Waals surface area (Å²) in [6, 6.07) is 3.74. The topological polar surface area (TPSA) is 57.3 Å². The van der Waals surface area contributed by atoms with E-state index in [1.165, 1.54) is 12.8 Å². The second kappa shape index (κ2) is 9.00. The van der Waals surface area contributed by atoms with Crippen molar-refractivity contribution in [2.45, 2.75) is 12.8 Å². The molecule has 7 heteroatoms. The summed E-state index contributed by atoms with van der Waals surface area (Å²) >= 11 is 0. The molecule has 0 radical (unpaired) electrons. The molecular weight excluding hydrogens is 299 g/mol. The lowest BCUT2D eigenvalue weighted by molar-refractivity contribution is -0.115. The predicted molar refractivity (Wildman–Crippen MR) is 87.3 cm³/mol. The van der Waals surface area contributed by atoms with E-state index < -0.39 is 0 Å². The molecule has 0 aliphatic heterocycles. The molecular formula is C13H22Cl2N4O. The second-order valence-corrected chi connectivity index (χ2v) is 4.92. The summed E-state index contributed by atoms with van der Waals surface area (Å²) in [5, 5.41) is 5.92. The highest BCUT2D eigenvalue weighted by Crippen LogP contribution is 2.27. The van der Waals surface area contributed by atoms with E-state index in [1.54, 1.807) is 6.20 Å². The van der Waals surface area contributed by atoms with Gasteiger partial charge in [-0.2, -0.15) is 0 Å². The van der Waals surface area contributed by atoms with Crippen molar-refractivity contribution in [2.75, 3.05) is 37.4 Å². The van der Waals surface area contributed by atoms with Crippen molar-refractivity contribution >= 4 is 42.2 Å². The first kappa shape index (κ1) is 19.0. The number of aromatic nitrogens is 1. The lowest BCUT2D eigenvalue weighted by Crippen LogP contribution is -2.29. The molecule has 0 unspecified atom stereocenters. The molecule has 0 saturated heterocycles.